The van der Waals surface area contributed by atoms with Gasteiger partial charge in [-0.2, -0.15) is 0 Å². The van der Waals surface area contributed by atoms with Crippen molar-refractivity contribution in [3.05, 3.63) is 34.5 Å². The summed E-state index contributed by atoms with van der Waals surface area (Å²) < 4.78 is 12.5. The van der Waals surface area contributed by atoms with Gasteiger partial charge in [0.1, 0.15) is 11.3 Å². The maximum atomic E-state index is 5.90. The Morgan fingerprint density at radius 2 is 2.26 bits per heavy atom. The zero-order valence-electron chi connectivity index (χ0n) is 11.0. The molecule has 2 aromatic rings. The summed E-state index contributed by atoms with van der Waals surface area (Å²) in [5.74, 6) is 0.985. The number of halogens is 1. The Labute approximate surface area is 121 Å². The molecule has 1 saturated heterocycles. The summed E-state index contributed by atoms with van der Waals surface area (Å²) in [5.41, 5.74) is 0.937. The van der Waals surface area contributed by atoms with Gasteiger partial charge in [-0.25, -0.2) is 0 Å². The van der Waals surface area contributed by atoms with Crippen LogP contribution in [0.3, 0.4) is 0 Å². The minimum atomic E-state index is 0.206. The fraction of sp³-hybridized carbons (Fsp3) is 0.467. The molecule has 102 valence electrons. The molecule has 1 N–H and O–H groups in total. The molecule has 1 aromatic carbocycles. The highest BCUT2D eigenvalue weighted by molar-refractivity contribution is 9.10. The first-order valence-corrected chi connectivity index (χ1v) is 7.54. The first-order chi connectivity index (χ1) is 9.22. The zero-order valence-corrected chi connectivity index (χ0v) is 12.6. The second-order valence-electron chi connectivity index (χ2n) is 5.13. The van der Waals surface area contributed by atoms with E-state index in [9.17, 15) is 0 Å². The average molecular weight is 324 g/mol. The Bertz CT molecular complexity index is 560. The van der Waals surface area contributed by atoms with Gasteiger partial charge in [0, 0.05) is 22.5 Å². The lowest BCUT2D eigenvalue weighted by atomic mass is 10.1. The molecule has 1 aliphatic heterocycles. The van der Waals surface area contributed by atoms with Gasteiger partial charge in [-0.1, -0.05) is 15.9 Å². The molecule has 2 heterocycles. The third-order valence-electron chi connectivity index (χ3n) is 3.57. The number of hydrogen-bond donors (Lipinski definition) is 1. The molecule has 4 heteroatoms. The predicted octanol–water partition coefficient (Wildman–Crippen LogP) is 4.02. The third kappa shape index (κ3) is 3.02. The summed E-state index contributed by atoms with van der Waals surface area (Å²) in [6.45, 7) is 3.84. The van der Waals surface area contributed by atoms with Crippen LogP contribution < -0.4 is 5.32 Å². The van der Waals surface area contributed by atoms with Crippen LogP contribution in [0.1, 0.15) is 31.6 Å². The number of fused-ring (bicyclic) bond motifs is 1. The van der Waals surface area contributed by atoms with E-state index in [1.165, 1.54) is 6.42 Å². The molecular weight excluding hydrogens is 306 g/mol. The standard InChI is InChI=1S/C15H18BrNO2/c1-10(17-13-3-2-6-18-9-13)15-8-11-7-12(16)4-5-14(11)19-15/h4-5,7-8,10,13,17H,2-3,6,9H2,1H3. The molecule has 19 heavy (non-hydrogen) atoms. The van der Waals surface area contributed by atoms with E-state index in [0.717, 1.165) is 40.8 Å². The summed E-state index contributed by atoms with van der Waals surface area (Å²) in [5, 5.41) is 4.72. The first-order valence-electron chi connectivity index (χ1n) is 6.75. The van der Waals surface area contributed by atoms with E-state index in [1.54, 1.807) is 0 Å². The highest BCUT2D eigenvalue weighted by Gasteiger charge is 2.19. The van der Waals surface area contributed by atoms with E-state index < -0.39 is 0 Å². The highest BCUT2D eigenvalue weighted by Crippen LogP contribution is 2.27. The Kier molecular flexibility index (Phi) is 3.91. The van der Waals surface area contributed by atoms with Crippen LogP contribution in [0.25, 0.3) is 11.0 Å². The van der Waals surface area contributed by atoms with Crippen LogP contribution in [0.5, 0.6) is 0 Å². The maximum absolute atomic E-state index is 5.90. The Balaban J connectivity index is 1.75. The average Bonchev–Trinajstić information content (AvgIpc) is 2.83. The van der Waals surface area contributed by atoms with Crippen molar-refractivity contribution in [1.29, 1.82) is 0 Å². The fourth-order valence-electron chi connectivity index (χ4n) is 2.56. The molecule has 0 aliphatic carbocycles. The second-order valence-corrected chi connectivity index (χ2v) is 6.05. The number of ether oxygens (including phenoxy) is 1. The fourth-order valence-corrected chi connectivity index (χ4v) is 2.93. The number of furan rings is 1. The SMILES string of the molecule is CC(NC1CCCOC1)c1cc2cc(Br)ccc2o1. The molecule has 0 saturated carbocycles. The summed E-state index contributed by atoms with van der Waals surface area (Å²) in [6.07, 6.45) is 2.31. The van der Waals surface area contributed by atoms with E-state index in [1.807, 2.05) is 12.1 Å². The van der Waals surface area contributed by atoms with Crippen molar-refractivity contribution in [2.24, 2.45) is 0 Å². The van der Waals surface area contributed by atoms with Gasteiger partial charge in [-0.3, -0.25) is 0 Å². The van der Waals surface area contributed by atoms with Crippen molar-refractivity contribution in [3.63, 3.8) is 0 Å². The summed E-state index contributed by atoms with van der Waals surface area (Å²) >= 11 is 3.48. The lowest BCUT2D eigenvalue weighted by Crippen LogP contribution is -2.38. The molecule has 1 aromatic heterocycles. The van der Waals surface area contributed by atoms with Gasteiger partial charge in [0.05, 0.1) is 12.6 Å². The van der Waals surface area contributed by atoms with Crippen molar-refractivity contribution >= 4 is 26.9 Å². The largest absolute Gasteiger partial charge is 0.459 e. The van der Waals surface area contributed by atoms with Gasteiger partial charge in [0.2, 0.25) is 0 Å². The van der Waals surface area contributed by atoms with Crippen molar-refractivity contribution in [1.82, 2.24) is 5.32 Å². The number of rotatable bonds is 3. The van der Waals surface area contributed by atoms with Gasteiger partial charge >= 0.3 is 0 Å². The van der Waals surface area contributed by atoms with Crippen LogP contribution in [-0.2, 0) is 4.74 Å². The summed E-state index contributed by atoms with van der Waals surface area (Å²) in [7, 11) is 0. The van der Waals surface area contributed by atoms with Crippen molar-refractivity contribution < 1.29 is 9.15 Å². The molecule has 1 fully saturated rings. The molecule has 1 aliphatic rings. The number of nitrogens with one attached hydrogen (secondary N) is 1. The first kappa shape index (κ1) is 13.2. The lowest BCUT2D eigenvalue weighted by molar-refractivity contribution is 0.0662. The van der Waals surface area contributed by atoms with E-state index in [4.69, 9.17) is 9.15 Å². The lowest BCUT2D eigenvalue weighted by Gasteiger charge is -2.25. The van der Waals surface area contributed by atoms with Crippen LogP contribution in [0, 0.1) is 0 Å². The van der Waals surface area contributed by atoms with Gasteiger partial charge in [0.25, 0.3) is 0 Å². The van der Waals surface area contributed by atoms with Crippen LogP contribution in [0.2, 0.25) is 0 Å². The monoisotopic (exact) mass is 323 g/mol. The quantitative estimate of drug-likeness (QED) is 0.926. The zero-order chi connectivity index (χ0) is 13.2. The molecule has 0 bridgehead atoms. The van der Waals surface area contributed by atoms with Crippen LogP contribution in [0.4, 0.5) is 0 Å². The summed E-state index contributed by atoms with van der Waals surface area (Å²) in [4.78, 5) is 0. The van der Waals surface area contributed by atoms with Crippen molar-refractivity contribution in [2.75, 3.05) is 13.2 Å². The number of hydrogen-bond acceptors (Lipinski definition) is 3. The minimum Gasteiger partial charge on any atom is -0.459 e. The van der Waals surface area contributed by atoms with Crippen molar-refractivity contribution in [3.8, 4) is 0 Å². The van der Waals surface area contributed by atoms with Gasteiger partial charge in [-0.15, -0.1) is 0 Å². The van der Waals surface area contributed by atoms with Crippen LogP contribution in [0.15, 0.2) is 33.2 Å². The second kappa shape index (κ2) is 5.65. The highest BCUT2D eigenvalue weighted by atomic mass is 79.9. The Hall–Kier alpha value is -0.840. The van der Waals surface area contributed by atoms with E-state index >= 15 is 0 Å². The number of benzene rings is 1. The predicted molar refractivity (Wildman–Crippen MR) is 79.3 cm³/mol. The smallest absolute Gasteiger partial charge is 0.134 e. The van der Waals surface area contributed by atoms with Crippen LogP contribution >= 0.6 is 15.9 Å². The Morgan fingerprint density at radius 1 is 1.37 bits per heavy atom. The Morgan fingerprint density at radius 3 is 3.05 bits per heavy atom. The summed E-state index contributed by atoms with van der Waals surface area (Å²) in [6, 6.07) is 8.84. The van der Waals surface area contributed by atoms with E-state index in [-0.39, 0.29) is 6.04 Å². The van der Waals surface area contributed by atoms with E-state index in [2.05, 4.69) is 40.3 Å². The molecule has 3 rings (SSSR count). The van der Waals surface area contributed by atoms with Gasteiger partial charge in [-0.05, 0) is 44.0 Å². The molecule has 3 nitrogen and oxygen atoms in total. The van der Waals surface area contributed by atoms with Gasteiger partial charge < -0.3 is 14.5 Å². The molecule has 2 atom stereocenters. The molecule has 2 unspecified atom stereocenters. The molecule has 0 spiro atoms. The minimum absolute atomic E-state index is 0.206. The molecule has 0 amide bonds. The third-order valence-corrected chi connectivity index (χ3v) is 4.06. The molecular formula is C15H18BrNO2. The maximum Gasteiger partial charge on any atom is 0.134 e. The van der Waals surface area contributed by atoms with Gasteiger partial charge in [0.15, 0.2) is 0 Å². The molecule has 0 radical (unpaired) electrons. The van der Waals surface area contributed by atoms with Crippen LogP contribution in [-0.4, -0.2) is 19.3 Å². The topological polar surface area (TPSA) is 34.4 Å². The van der Waals surface area contributed by atoms with E-state index in [0.29, 0.717) is 6.04 Å². The van der Waals surface area contributed by atoms with Crippen molar-refractivity contribution in [2.45, 2.75) is 31.8 Å². The normalized spacial score (nSPS) is 21.7.